The van der Waals surface area contributed by atoms with Crippen LogP contribution in [0.1, 0.15) is 15.4 Å². The van der Waals surface area contributed by atoms with E-state index in [0.717, 1.165) is 26.1 Å². The minimum atomic E-state index is -0.960. The van der Waals surface area contributed by atoms with Gasteiger partial charge in [0.2, 0.25) is 0 Å². The van der Waals surface area contributed by atoms with Crippen molar-refractivity contribution < 1.29 is 9.90 Å². The fraction of sp³-hybridized carbons (Fsp3) is 0.133. The molecule has 0 bridgehead atoms. The number of aromatic nitrogens is 3. The summed E-state index contributed by atoms with van der Waals surface area (Å²) < 4.78 is 1.68. The second kappa shape index (κ2) is 6.53. The molecule has 0 saturated carbocycles. The highest BCUT2D eigenvalue weighted by Gasteiger charge is 2.12. The molecule has 2 heterocycles. The third-order valence-electron chi connectivity index (χ3n) is 3.12. The molecular formula is C15H14N4O2S2. The summed E-state index contributed by atoms with van der Waals surface area (Å²) >= 11 is 2.92. The monoisotopic (exact) mass is 346 g/mol. The van der Waals surface area contributed by atoms with Gasteiger partial charge in [-0.25, -0.2) is 9.78 Å². The molecule has 23 heavy (non-hydrogen) atoms. The van der Waals surface area contributed by atoms with E-state index in [9.17, 15) is 9.90 Å². The molecule has 6 nitrogen and oxygen atoms in total. The summed E-state index contributed by atoms with van der Waals surface area (Å²) in [7, 11) is 1.82. The number of nitrogens with zero attached hydrogens (tertiary/aromatic N) is 3. The summed E-state index contributed by atoms with van der Waals surface area (Å²) in [4.78, 5) is 16.6. The molecule has 0 fully saturated rings. The summed E-state index contributed by atoms with van der Waals surface area (Å²) in [5, 5.41) is 17.1. The van der Waals surface area contributed by atoms with Gasteiger partial charge in [0.25, 0.3) is 0 Å². The van der Waals surface area contributed by atoms with E-state index in [1.807, 2.05) is 24.7 Å². The van der Waals surface area contributed by atoms with E-state index >= 15 is 0 Å². The van der Waals surface area contributed by atoms with E-state index in [4.69, 9.17) is 5.73 Å². The van der Waals surface area contributed by atoms with Gasteiger partial charge < -0.3 is 10.8 Å². The summed E-state index contributed by atoms with van der Waals surface area (Å²) in [6, 6.07) is 5.24. The molecule has 0 aliphatic heterocycles. The van der Waals surface area contributed by atoms with Gasteiger partial charge in [0.15, 0.2) is 0 Å². The van der Waals surface area contributed by atoms with Gasteiger partial charge in [-0.05, 0) is 23.8 Å². The number of aromatic carboxylic acids is 1. The molecule has 0 saturated heterocycles. The zero-order chi connectivity index (χ0) is 16.4. The molecule has 3 aromatic rings. The molecule has 2 aromatic heterocycles. The largest absolute Gasteiger partial charge is 0.478 e. The number of nitrogens with two attached hydrogens (primary N) is 1. The van der Waals surface area contributed by atoms with Crippen molar-refractivity contribution in [2.45, 2.75) is 16.5 Å². The standard InChI is InChI=1S/C15H14N4O2S2/c1-19-7-11(6-17-19)9-2-10(15(20)21)4-12(3-9)23-14-8-22-13(5-16)18-14/h2-4,6-8H,5,16H2,1H3,(H,20,21). The molecule has 0 spiro atoms. The molecule has 0 amide bonds. The van der Waals surface area contributed by atoms with Gasteiger partial charge in [-0.2, -0.15) is 5.10 Å². The maximum absolute atomic E-state index is 11.4. The Morgan fingerprint density at radius 3 is 2.83 bits per heavy atom. The Bertz CT molecular complexity index is 857. The Hall–Kier alpha value is -2.16. The number of thiazole rings is 1. The number of hydrogen-bond donors (Lipinski definition) is 2. The smallest absolute Gasteiger partial charge is 0.335 e. The highest BCUT2D eigenvalue weighted by Crippen LogP contribution is 2.33. The van der Waals surface area contributed by atoms with Crippen LogP contribution in [0.2, 0.25) is 0 Å². The topological polar surface area (TPSA) is 94.0 Å². The second-order valence-corrected chi connectivity index (χ2v) is 6.88. The van der Waals surface area contributed by atoms with Crippen molar-refractivity contribution in [2.24, 2.45) is 12.8 Å². The molecule has 0 atom stereocenters. The maximum atomic E-state index is 11.4. The third-order valence-corrected chi connectivity index (χ3v) is 5.03. The summed E-state index contributed by atoms with van der Waals surface area (Å²) in [6.07, 6.45) is 3.57. The quantitative estimate of drug-likeness (QED) is 0.738. The second-order valence-electron chi connectivity index (χ2n) is 4.84. The van der Waals surface area contributed by atoms with E-state index in [0.29, 0.717) is 6.54 Å². The van der Waals surface area contributed by atoms with Gasteiger partial charge >= 0.3 is 5.97 Å². The number of hydrogen-bond acceptors (Lipinski definition) is 6. The van der Waals surface area contributed by atoms with Crippen LogP contribution >= 0.6 is 23.1 Å². The molecular weight excluding hydrogens is 332 g/mol. The van der Waals surface area contributed by atoms with Crippen LogP contribution in [0.25, 0.3) is 11.1 Å². The Morgan fingerprint density at radius 1 is 1.39 bits per heavy atom. The lowest BCUT2D eigenvalue weighted by atomic mass is 10.1. The normalized spacial score (nSPS) is 10.9. The number of benzene rings is 1. The van der Waals surface area contributed by atoms with Gasteiger partial charge in [0.1, 0.15) is 10.0 Å². The first-order valence-electron chi connectivity index (χ1n) is 6.75. The van der Waals surface area contributed by atoms with Crippen molar-refractivity contribution in [1.29, 1.82) is 0 Å². The van der Waals surface area contributed by atoms with Crippen molar-refractivity contribution >= 4 is 29.1 Å². The van der Waals surface area contributed by atoms with Gasteiger partial charge in [-0.1, -0.05) is 11.8 Å². The van der Waals surface area contributed by atoms with Crippen molar-refractivity contribution in [3.63, 3.8) is 0 Å². The van der Waals surface area contributed by atoms with Gasteiger partial charge in [0.05, 0.1) is 11.8 Å². The van der Waals surface area contributed by atoms with Crippen molar-refractivity contribution in [3.8, 4) is 11.1 Å². The number of aryl methyl sites for hydroxylation is 1. The fourth-order valence-electron chi connectivity index (χ4n) is 2.07. The van der Waals surface area contributed by atoms with Crippen molar-refractivity contribution in [1.82, 2.24) is 14.8 Å². The summed E-state index contributed by atoms with van der Waals surface area (Å²) in [5.74, 6) is -0.960. The maximum Gasteiger partial charge on any atom is 0.335 e. The Kier molecular flexibility index (Phi) is 4.46. The minimum absolute atomic E-state index is 0.239. The first-order chi connectivity index (χ1) is 11.0. The van der Waals surface area contributed by atoms with Crippen LogP contribution in [0.3, 0.4) is 0 Å². The summed E-state index contributed by atoms with van der Waals surface area (Å²) in [5.41, 5.74) is 7.50. The van der Waals surface area contributed by atoms with Crippen LogP contribution in [0.5, 0.6) is 0 Å². The lowest BCUT2D eigenvalue weighted by Gasteiger charge is -2.05. The van der Waals surface area contributed by atoms with Crippen LogP contribution in [0.4, 0.5) is 0 Å². The lowest BCUT2D eigenvalue weighted by molar-refractivity contribution is 0.0696. The number of carboxylic acids is 1. The minimum Gasteiger partial charge on any atom is -0.478 e. The van der Waals surface area contributed by atoms with Crippen LogP contribution in [0, 0.1) is 0 Å². The Morgan fingerprint density at radius 2 is 2.22 bits per heavy atom. The molecule has 0 aliphatic rings. The number of carbonyl (C=O) groups is 1. The molecule has 0 aliphatic carbocycles. The van der Waals surface area contributed by atoms with Crippen molar-refractivity contribution in [3.05, 3.63) is 46.5 Å². The van der Waals surface area contributed by atoms with Gasteiger partial charge in [-0.15, -0.1) is 11.3 Å². The number of carboxylic acid groups (broad SMARTS) is 1. The Balaban J connectivity index is 1.98. The zero-order valence-electron chi connectivity index (χ0n) is 12.3. The van der Waals surface area contributed by atoms with Crippen LogP contribution < -0.4 is 5.73 Å². The predicted molar refractivity (Wildman–Crippen MR) is 89.7 cm³/mol. The molecule has 8 heteroatoms. The van der Waals surface area contributed by atoms with E-state index in [1.54, 1.807) is 23.0 Å². The van der Waals surface area contributed by atoms with E-state index < -0.39 is 5.97 Å². The molecule has 3 rings (SSSR count). The van der Waals surface area contributed by atoms with Crippen LogP contribution in [0.15, 0.2) is 45.9 Å². The Labute approximate surface area is 141 Å². The zero-order valence-corrected chi connectivity index (χ0v) is 13.9. The third kappa shape index (κ3) is 3.61. The molecule has 0 radical (unpaired) electrons. The first kappa shape index (κ1) is 15.7. The first-order valence-corrected chi connectivity index (χ1v) is 8.44. The van der Waals surface area contributed by atoms with E-state index in [-0.39, 0.29) is 5.56 Å². The van der Waals surface area contributed by atoms with Crippen LogP contribution in [-0.4, -0.2) is 25.8 Å². The van der Waals surface area contributed by atoms with Gasteiger partial charge in [-0.3, -0.25) is 4.68 Å². The highest BCUT2D eigenvalue weighted by molar-refractivity contribution is 7.99. The SMILES string of the molecule is Cn1cc(-c2cc(Sc3csc(CN)n3)cc(C(=O)O)c2)cn1. The molecule has 3 N–H and O–H groups in total. The predicted octanol–water partition coefficient (Wildman–Crippen LogP) is 2.85. The summed E-state index contributed by atoms with van der Waals surface area (Å²) in [6.45, 7) is 0.404. The number of rotatable bonds is 5. The molecule has 0 unspecified atom stereocenters. The fourth-order valence-corrected chi connectivity index (χ4v) is 3.77. The lowest BCUT2D eigenvalue weighted by Crippen LogP contribution is -1.97. The average molecular weight is 346 g/mol. The molecule has 1 aromatic carbocycles. The van der Waals surface area contributed by atoms with E-state index in [2.05, 4.69) is 10.1 Å². The van der Waals surface area contributed by atoms with Crippen molar-refractivity contribution in [2.75, 3.05) is 0 Å². The van der Waals surface area contributed by atoms with Crippen LogP contribution in [-0.2, 0) is 13.6 Å². The highest BCUT2D eigenvalue weighted by atomic mass is 32.2. The molecule has 118 valence electrons. The van der Waals surface area contributed by atoms with Gasteiger partial charge in [0, 0.05) is 35.6 Å². The van der Waals surface area contributed by atoms with E-state index in [1.165, 1.54) is 23.1 Å². The average Bonchev–Trinajstić information content (AvgIpc) is 3.15.